The molecule has 0 spiro atoms. The van der Waals surface area contributed by atoms with Crippen molar-refractivity contribution in [1.82, 2.24) is 9.78 Å². The molecular weight excluding hydrogens is 300 g/mol. The van der Waals surface area contributed by atoms with Crippen LogP contribution in [0.1, 0.15) is 11.1 Å². The Morgan fingerprint density at radius 3 is 2.72 bits per heavy atom. The Morgan fingerprint density at radius 1 is 1.33 bits per heavy atom. The van der Waals surface area contributed by atoms with Gasteiger partial charge in [0.25, 0.3) is 5.56 Å². The van der Waals surface area contributed by atoms with E-state index in [1.54, 1.807) is 0 Å². The predicted molar refractivity (Wildman–Crippen MR) is 69.6 cm³/mol. The van der Waals surface area contributed by atoms with E-state index in [4.69, 9.17) is 5.11 Å². The number of halogens is 1. The maximum atomic E-state index is 11.9. The number of carboxylic acid groups (broad SMARTS) is 1. The number of nitrogens with one attached hydrogen (secondary N) is 1. The summed E-state index contributed by atoms with van der Waals surface area (Å²) in [4.78, 5) is 22.4. The lowest BCUT2D eigenvalue weighted by Gasteiger charge is -2.04. The highest BCUT2D eigenvalue weighted by Crippen LogP contribution is 2.16. The first-order valence-corrected chi connectivity index (χ1v) is 6.09. The molecule has 1 aromatic heterocycles. The van der Waals surface area contributed by atoms with Crippen LogP contribution in [-0.4, -0.2) is 20.9 Å². The first-order chi connectivity index (χ1) is 8.58. The highest BCUT2D eigenvalue weighted by molar-refractivity contribution is 9.10. The molecule has 0 bridgehead atoms. The van der Waals surface area contributed by atoms with Crippen molar-refractivity contribution in [3.8, 4) is 0 Å². The van der Waals surface area contributed by atoms with Crippen LogP contribution in [0.15, 0.2) is 39.7 Å². The zero-order chi connectivity index (χ0) is 13.1. The summed E-state index contributed by atoms with van der Waals surface area (Å²) < 4.78 is 2.30. The normalized spacial score (nSPS) is 10.5. The quantitative estimate of drug-likeness (QED) is 0.901. The van der Waals surface area contributed by atoms with Crippen molar-refractivity contribution < 1.29 is 9.90 Å². The lowest BCUT2D eigenvalue weighted by molar-refractivity contribution is -0.136. The summed E-state index contributed by atoms with van der Waals surface area (Å²) in [6.07, 6.45) is 1.17. The summed E-state index contributed by atoms with van der Waals surface area (Å²) in [7, 11) is 0. The molecular formula is C12H11BrN2O3. The molecule has 18 heavy (non-hydrogen) atoms. The fraction of sp³-hybridized carbons (Fsp3) is 0.167. The molecule has 0 saturated heterocycles. The second-order valence-corrected chi connectivity index (χ2v) is 4.71. The Bertz CT molecular complexity index is 630. The predicted octanol–water partition coefficient (Wildman–Crippen LogP) is 1.61. The highest BCUT2D eigenvalue weighted by Gasteiger charge is 2.10. The van der Waals surface area contributed by atoms with E-state index in [-0.39, 0.29) is 17.5 Å². The standard InChI is InChI=1S/C12H11BrN2O3/c13-10-4-2-1-3-8(10)7-15-12(18)9(6-14-15)5-11(16)17/h1-4,6,14H,5,7H2,(H,16,17). The molecule has 0 unspecified atom stereocenters. The second-order valence-electron chi connectivity index (χ2n) is 3.85. The number of carboxylic acids is 1. The van der Waals surface area contributed by atoms with Gasteiger partial charge in [0.2, 0.25) is 0 Å². The molecule has 0 aliphatic rings. The smallest absolute Gasteiger partial charge is 0.308 e. The minimum Gasteiger partial charge on any atom is -0.481 e. The third-order valence-electron chi connectivity index (χ3n) is 2.54. The number of nitrogens with zero attached hydrogens (tertiary/aromatic N) is 1. The SMILES string of the molecule is O=C(O)Cc1c[nH]n(Cc2ccccc2Br)c1=O. The van der Waals surface area contributed by atoms with Crippen LogP contribution in [0.2, 0.25) is 0 Å². The summed E-state index contributed by atoms with van der Waals surface area (Å²) in [6.45, 7) is 0.375. The number of hydrogen-bond acceptors (Lipinski definition) is 2. The molecule has 1 heterocycles. The lowest BCUT2D eigenvalue weighted by atomic mass is 10.2. The maximum absolute atomic E-state index is 11.9. The molecule has 2 aromatic rings. The molecule has 2 rings (SSSR count). The van der Waals surface area contributed by atoms with E-state index in [2.05, 4.69) is 21.0 Å². The second kappa shape index (κ2) is 5.22. The summed E-state index contributed by atoms with van der Waals surface area (Å²) >= 11 is 3.40. The number of rotatable bonds is 4. The number of hydrogen-bond donors (Lipinski definition) is 2. The van der Waals surface area contributed by atoms with Crippen LogP contribution in [0, 0.1) is 0 Å². The molecule has 94 valence electrons. The number of aromatic amines is 1. The summed E-state index contributed by atoms with van der Waals surface area (Å²) in [5, 5.41) is 11.4. The third-order valence-corrected chi connectivity index (χ3v) is 3.32. The average molecular weight is 311 g/mol. The minimum atomic E-state index is -1.01. The average Bonchev–Trinajstić information content (AvgIpc) is 2.64. The van der Waals surface area contributed by atoms with E-state index in [1.807, 2.05) is 24.3 Å². The van der Waals surface area contributed by atoms with Gasteiger partial charge >= 0.3 is 5.97 Å². The van der Waals surface area contributed by atoms with Gasteiger partial charge in [0.15, 0.2) is 0 Å². The van der Waals surface area contributed by atoms with Crippen molar-refractivity contribution in [3.05, 3.63) is 56.4 Å². The monoisotopic (exact) mass is 310 g/mol. The summed E-state index contributed by atoms with van der Waals surface area (Å²) in [5.74, 6) is -1.01. The van der Waals surface area contributed by atoms with Crippen LogP contribution >= 0.6 is 15.9 Å². The van der Waals surface area contributed by atoms with Gasteiger partial charge in [0.05, 0.1) is 13.0 Å². The molecule has 0 radical (unpaired) electrons. The first kappa shape index (κ1) is 12.6. The summed E-state index contributed by atoms with van der Waals surface area (Å²) in [5.41, 5.74) is 0.908. The molecule has 1 aromatic carbocycles. The van der Waals surface area contributed by atoms with Gasteiger partial charge in [-0.1, -0.05) is 34.1 Å². The van der Waals surface area contributed by atoms with E-state index in [0.717, 1.165) is 10.0 Å². The Kier molecular flexibility index (Phi) is 3.66. The van der Waals surface area contributed by atoms with E-state index in [9.17, 15) is 9.59 Å². The maximum Gasteiger partial charge on any atom is 0.308 e. The van der Waals surface area contributed by atoms with Crippen LogP contribution in [0.3, 0.4) is 0 Å². The Labute approximate surface area is 111 Å². The molecule has 0 saturated carbocycles. The zero-order valence-electron chi connectivity index (χ0n) is 9.39. The zero-order valence-corrected chi connectivity index (χ0v) is 11.0. The van der Waals surface area contributed by atoms with Gasteiger partial charge in [-0.05, 0) is 11.6 Å². The number of H-pyrrole nitrogens is 1. The van der Waals surface area contributed by atoms with Crippen LogP contribution < -0.4 is 5.56 Å². The van der Waals surface area contributed by atoms with Crippen molar-refractivity contribution >= 4 is 21.9 Å². The molecule has 0 amide bonds. The lowest BCUT2D eigenvalue weighted by Crippen LogP contribution is -2.21. The van der Waals surface area contributed by atoms with E-state index in [0.29, 0.717) is 6.54 Å². The van der Waals surface area contributed by atoms with Gasteiger partial charge < -0.3 is 10.2 Å². The number of aliphatic carboxylic acids is 1. The fourth-order valence-corrected chi connectivity index (χ4v) is 2.06. The first-order valence-electron chi connectivity index (χ1n) is 5.30. The van der Waals surface area contributed by atoms with Crippen LogP contribution in [0.5, 0.6) is 0 Å². The molecule has 0 fully saturated rings. The summed E-state index contributed by atoms with van der Waals surface area (Å²) in [6, 6.07) is 7.56. The highest BCUT2D eigenvalue weighted by atomic mass is 79.9. The molecule has 0 aliphatic heterocycles. The van der Waals surface area contributed by atoms with Crippen molar-refractivity contribution in [2.45, 2.75) is 13.0 Å². The van der Waals surface area contributed by atoms with Gasteiger partial charge in [-0.25, -0.2) is 4.68 Å². The van der Waals surface area contributed by atoms with Crippen LogP contribution in [0.4, 0.5) is 0 Å². The van der Waals surface area contributed by atoms with Gasteiger partial charge in [-0.2, -0.15) is 0 Å². The topological polar surface area (TPSA) is 75.1 Å². The molecule has 2 N–H and O–H groups in total. The van der Waals surface area contributed by atoms with Gasteiger partial charge in [-0.3, -0.25) is 9.59 Å². The van der Waals surface area contributed by atoms with E-state index in [1.165, 1.54) is 10.9 Å². The molecule has 5 nitrogen and oxygen atoms in total. The molecule has 0 aliphatic carbocycles. The van der Waals surface area contributed by atoms with E-state index < -0.39 is 5.97 Å². The van der Waals surface area contributed by atoms with Gasteiger partial charge in [0.1, 0.15) is 0 Å². The van der Waals surface area contributed by atoms with Crippen LogP contribution in [-0.2, 0) is 17.8 Å². The van der Waals surface area contributed by atoms with Crippen molar-refractivity contribution in [3.63, 3.8) is 0 Å². The number of aromatic nitrogens is 2. The van der Waals surface area contributed by atoms with Gasteiger partial charge in [-0.15, -0.1) is 0 Å². The minimum absolute atomic E-state index is 0.259. The third kappa shape index (κ3) is 2.70. The van der Waals surface area contributed by atoms with Gasteiger partial charge in [0, 0.05) is 16.2 Å². The molecule has 6 heteroatoms. The number of benzene rings is 1. The van der Waals surface area contributed by atoms with E-state index >= 15 is 0 Å². The Balaban J connectivity index is 2.26. The largest absolute Gasteiger partial charge is 0.481 e. The van der Waals surface area contributed by atoms with Crippen LogP contribution in [0.25, 0.3) is 0 Å². The number of carbonyl (C=O) groups is 1. The van der Waals surface area contributed by atoms with Crippen molar-refractivity contribution in [2.24, 2.45) is 0 Å². The van der Waals surface area contributed by atoms with Crippen molar-refractivity contribution in [1.29, 1.82) is 0 Å². The Hall–Kier alpha value is -1.82. The Morgan fingerprint density at radius 2 is 2.06 bits per heavy atom. The molecule has 0 atom stereocenters. The fourth-order valence-electron chi connectivity index (χ4n) is 1.65. The van der Waals surface area contributed by atoms with Crippen molar-refractivity contribution in [2.75, 3.05) is 0 Å².